The lowest BCUT2D eigenvalue weighted by molar-refractivity contribution is 0.156. The van der Waals surface area contributed by atoms with Crippen molar-refractivity contribution in [1.29, 1.82) is 0 Å². The van der Waals surface area contributed by atoms with E-state index < -0.39 is 0 Å². The highest BCUT2D eigenvalue weighted by Crippen LogP contribution is 2.14. The minimum absolute atomic E-state index is 0.0439. The summed E-state index contributed by atoms with van der Waals surface area (Å²) in [6.07, 6.45) is 0. The molecule has 0 heterocycles. The number of nitrogens with one attached hydrogen (secondary N) is 1. The van der Waals surface area contributed by atoms with E-state index in [-0.39, 0.29) is 12.0 Å². The van der Waals surface area contributed by atoms with Gasteiger partial charge < -0.3 is 10.4 Å². The molecule has 2 N–H and O–H groups in total. The molecule has 0 aromatic heterocycles. The van der Waals surface area contributed by atoms with Crippen molar-refractivity contribution in [3.8, 4) is 0 Å². The zero-order chi connectivity index (χ0) is 12.2. The van der Waals surface area contributed by atoms with E-state index in [2.05, 4.69) is 51.2 Å². The van der Waals surface area contributed by atoms with Crippen LogP contribution in [0.5, 0.6) is 0 Å². The molecule has 0 amide bonds. The standard InChI is InChI=1S/C14H23NO/c1-11-6-5-7-13(12(11)2)8-15-9-14(3,4)10-16/h5-7,15-16H,8-10H2,1-4H3. The van der Waals surface area contributed by atoms with Gasteiger partial charge in [0.05, 0.1) is 0 Å². The van der Waals surface area contributed by atoms with Gasteiger partial charge in [-0.1, -0.05) is 32.0 Å². The Balaban J connectivity index is 2.53. The molecule has 0 spiro atoms. The second-order valence-corrected chi connectivity index (χ2v) is 5.28. The summed E-state index contributed by atoms with van der Waals surface area (Å²) in [5.41, 5.74) is 3.99. The van der Waals surface area contributed by atoms with Gasteiger partial charge in [0.1, 0.15) is 0 Å². The van der Waals surface area contributed by atoms with Crippen molar-refractivity contribution in [1.82, 2.24) is 5.32 Å². The van der Waals surface area contributed by atoms with Gasteiger partial charge in [0.2, 0.25) is 0 Å². The summed E-state index contributed by atoms with van der Waals surface area (Å²) in [5.74, 6) is 0. The largest absolute Gasteiger partial charge is 0.396 e. The molecule has 1 rings (SSSR count). The summed E-state index contributed by atoms with van der Waals surface area (Å²) < 4.78 is 0. The van der Waals surface area contributed by atoms with E-state index in [1.54, 1.807) is 0 Å². The number of hydrogen-bond acceptors (Lipinski definition) is 2. The van der Waals surface area contributed by atoms with Crippen molar-refractivity contribution in [2.45, 2.75) is 34.2 Å². The van der Waals surface area contributed by atoms with Gasteiger partial charge in [-0.05, 0) is 30.5 Å². The van der Waals surface area contributed by atoms with Crippen LogP contribution in [-0.4, -0.2) is 18.3 Å². The van der Waals surface area contributed by atoms with Crippen LogP contribution < -0.4 is 5.32 Å². The van der Waals surface area contributed by atoms with Crippen LogP contribution in [0.25, 0.3) is 0 Å². The Bertz CT molecular complexity index is 345. The summed E-state index contributed by atoms with van der Waals surface area (Å²) in [6.45, 7) is 10.3. The van der Waals surface area contributed by atoms with Crippen LogP contribution >= 0.6 is 0 Å². The molecule has 0 atom stereocenters. The number of aliphatic hydroxyl groups excluding tert-OH is 1. The SMILES string of the molecule is Cc1cccc(CNCC(C)(C)CO)c1C. The quantitative estimate of drug-likeness (QED) is 0.800. The maximum atomic E-state index is 9.15. The zero-order valence-electron chi connectivity index (χ0n) is 10.8. The monoisotopic (exact) mass is 221 g/mol. The zero-order valence-corrected chi connectivity index (χ0v) is 10.8. The molecule has 0 aliphatic rings. The summed E-state index contributed by atoms with van der Waals surface area (Å²) in [5, 5.41) is 12.6. The molecule has 0 saturated heterocycles. The molecule has 0 saturated carbocycles. The average molecular weight is 221 g/mol. The second kappa shape index (κ2) is 5.46. The summed E-state index contributed by atoms with van der Waals surface area (Å²) >= 11 is 0. The fourth-order valence-corrected chi connectivity index (χ4v) is 1.59. The molecule has 1 aromatic rings. The van der Waals surface area contributed by atoms with E-state index in [9.17, 15) is 0 Å². The third-order valence-electron chi connectivity index (χ3n) is 3.06. The van der Waals surface area contributed by atoms with Crippen molar-refractivity contribution in [3.05, 3.63) is 34.9 Å². The van der Waals surface area contributed by atoms with Crippen LogP contribution in [-0.2, 0) is 6.54 Å². The first-order chi connectivity index (χ1) is 7.46. The van der Waals surface area contributed by atoms with Crippen molar-refractivity contribution < 1.29 is 5.11 Å². The Hall–Kier alpha value is -0.860. The predicted molar refractivity (Wildman–Crippen MR) is 68.5 cm³/mol. The lowest BCUT2D eigenvalue weighted by Crippen LogP contribution is -2.32. The van der Waals surface area contributed by atoms with Crippen molar-refractivity contribution >= 4 is 0 Å². The molecule has 16 heavy (non-hydrogen) atoms. The molecule has 0 aliphatic carbocycles. The van der Waals surface area contributed by atoms with Gasteiger partial charge in [0, 0.05) is 25.1 Å². The minimum Gasteiger partial charge on any atom is -0.396 e. The molecule has 1 aromatic carbocycles. The number of rotatable bonds is 5. The third kappa shape index (κ3) is 3.62. The van der Waals surface area contributed by atoms with Crippen molar-refractivity contribution in [2.75, 3.05) is 13.2 Å². The third-order valence-corrected chi connectivity index (χ3v) is 3.06. The van der Waals surface area contributed by atoms with E-state index in [1.165, 1.54) is 16.7 Å². The number of aliphatic hydroxyl groups is 1. The van der Waals surface area contributed by atoms with Gasteiger partial charge in [-0.2, -0.15) is 0 Å². The normalized spacial score (nSPS) is 11.8. The fraction of sp³-hybridized carbons (Fsp3) is 0.571. The van der Waals surface area contributed by atoms with E-state index >= 15 is 0 Å². The lowest BCUT2D eigenvalue weighted by Gasteiger charge is -2.22. The van der Waals surface area contributed by atoms with Crippen LogP contribution in [0, 0.1) is 19.3 Å². The van der Waals surface area contributed by atoms with Gasteiger partial charge in [-0.25, -0.2) is 0 Å². The average Bonchev–Trinajstić information content (AvgIpc) is 2.24. The van der Waals surface area contributed by atoms with E-state index in [0.717, 1.165) is 13.1 Å². The van der Waals surface area contributed by atoms with Crippen LogP contribution in [0.2, 0.25) is 0 Å². The van der Waals surface area contributed by atoms with Gasteiger partial charge in [-0.15, -0.1) is 0 Å². The van der Waals surface area contributed by atoms with Gasteiger partial charge in [0.15, 0.2) is 0 Å². The highest BCUT2D eigenvalue weighted by atomic mass is 16.3. The summed E-state index contributed by atoms with van der Waals surface area (Å²) in [4.78, 5) is 0. The molecule has 2 nitrogen and oxygen atoms in total. The molecule has 0 unspecified atom stereocenters. The topological polar surface area (TPSA) is 32.3 Å². The maximum Gasteiger partial charge on any atom is 0.0494 e. The molecule has 0 fully saturated rings. The smallest absolute Gasteiger partial charge is 0.0494 e. The Labute approximate surface area is 98.7 Å². The minimum atomic E-state index is -0.0439. The Kier molecular flexibility index (Phi) is 4.51. The van der Waals surface area contributed by atoms with Crippen LogP contribution in [0.4, 0.5) is 0 Å². The van der Waals surface area contributed by atoms with Crippen LogP contribution in [0.1, 0.15) is 30.5 Å². The predicted octanol–water partition coefficient (Wildman–Crippen LogP) is 2.41. The first kappa shape index (κ1) is 13.2. The molecule has 0 aliphatic heterocycles. The summed E-state index contributed by atoms with van der Waals surface area (Å²) in [6, 6.07) is 6.38. The van der Waals surface area contributed by atoms with E-state index in [4.69, 9.17) is 5.11 Å². The summed E-state index contributed by atoms with van der Waals surface area (Å²) in [7, 11) is 0. The number of benzene rings is 1. The van der Waals surface area contributed by atoms with Crippen molar-refractivity contribution in [2.24, 2.45) is 5.41 Å². The Morgan fingerprint density at radius 1 is 1.25 bits per heavy atom. The lowest BCUT2D eigenvalue weighted by atomic mass is 9.94. The van der Waals surface area contributed by atoms with Crippen LogP contribution in [0.3, 0.4) is 0 Å². The van der Waals surface area contributed by atoms with Crippen molar-refractivity contribution in [3.63, 3.8) is 0 Å². The Morgan fingerprint density at radius 2 is 1.94 bits per heavy atom. The molecule has 90 valence electrons. The fourth-order valence-electron chi connectivity index (χ4n) is 1.59. The maximum absolute atomic E-state index is 9.15. The highest BCUT2D eigenvalue weighted by molar-refractivity contribution is 5.32. The first-order valence-electron chi connectivity index (χ1n) is 5.83. The van der Waals surface area contributed by atoms with E-state index in [1.807, 2.05) is 0 Å². The van der Waals surface area contributed by atoms with Gasteiger partial charge in [0.25, 0.3) is 0 Å². The number of hydrogen-bond donors (Lipinski definition) is 2. The van der Waals surface area contributed by atoms with Crippen LogP contribution in [0.15, 0.2) is 18.2 Å². The molecule has 0 bridgehead atoms. The number of aryl methyl sites for hydroxylation is 1. The molecule has 2 heteroatoms. The van der Waals surface area contributed by atoms with E-state index in [0.29, 0.717) is 0 Å². The second-order valence-electron chi connectivity index (χ2n) is 5.28. The molecule has 0 radical (unpaired) electrons. The van der Waals surface area contributed by atoms with Gasteiger partial charge in [-0.3, -0.25) is 0 Å². The highest BCUT2D eigenvalue weighted by Gasteiger charge is 2.15. The first-order valence-corrected chi connectivity index (χ1v) is 5.83. The molecular weight excluding hydrogens is 198 g/mol. The van der Waals surface area contributed by atoms with Gasteiger partial charge >= 0.3 is 0 Å². The Morgan fingerprint density at radius 3 is 2.56 bits per heavy atom. The molecular formula is C14H23NO.